The van der Waals surface area contributed by atoms with Crippen LogP contribution >= 0.6 is 0 Å². The Labute approximate surface area is 125 Å². The van der Waals surface area contributed by atoms with Crippen molar-refractivity contribution >= 4 is 5.78 Å². The summed E-state index contributed by atoms with van der Waals surface area (Å²) < 4.78 is 13.1. The fourth-order valence-electron chi connectivity index (χ4n) is 2.34. The third-order valence-corrected chi connectivity index (χ3v) is 3.51. The molecule has 0 bridgehead atoms. The predicted molar refractivity (Wildman–Crippen MR) is 82.9 cm³/mol. The molecule has 0 saturated carbocycles. The molecule has 2 aromatic rings. The summed E-state index contributed by atoms with van der Waals surface area (Å²) in [6, 6.07) is 14.2. The zero-order valence-electron chi connectivity index (χ0n) is 12.5. The number of rotatable bonds is 6. The number of aryl methyl sites for hydroxylation is 1. The van der Waals surface area contributed by atoms with Crippen molar-refractivity contribution in [2.45, 2.75) is 19.9 Å². The van der Waals surface area contributed by atoms with Gasteiger partial charge in [0.05, 0.1) is 0 Å². The molecule has 0 aliphatic carbocycles. The molecule has 0 aromatic heterocycles. The van der Waals surface area contributed by atoms with Gasteiger partial charge in [0.1, 0.15) is 5.82 Å². The van der Waals surface area contributed by atoms with E-state index in [1.165, 1.54) is 12.1 Å². The van der Waals surface area contributed by atoms with Gasteiger partial charge in [-0.3, -0.25) is 4.79 Å². The highest BCUT2D eigenvalue weighted by molar-refractivity contribution is 5.97. The van der Waals surface area contributed by atoms with E-state index in [0.29, 0.717) is 19.5 Å². The number of Topliss-reactive ketones (excluding diaryl/α,β-unsaturated/α-hetero) is 1. The average Bonchev–Trinajstić information content (AvgIpc) is 2.45. The summed E-state index contributed by atoms with van der Waals surface area (Å²) in [6.45, 7) is 3.24. The van der Waals surface area contributed by atoms with Crippen LogP contribution in [-0.4, -0.2) is 24.3 Å². The van der Waals surface area contributed by atoms with Gasteiger partial charge in [0, 0.05) is 25.1 Å². The Kier molecular flexibility index (Phi) is 5.23. The zero-order valence-corrected chi connectivity index (χ0v) is 12.5. The lowest BCUT2D eigenvalue weighted by molar-refractivity contribution is 0.0967. The second-order valence-corrected chi connectivity index (χ2v) is 5.36. The maximum Gasteiger partial charge on any atom is 0.164 e. The third-order valence-electron chi connectivity index (χ3n) is 3.51. The molecule has 0 saturated heterocycles. The van der Waals surface area contributed by atoms with Crippen LogP contribution in [0.25, 0.3) is 0 Å². The second-order valence-electron chi connectivity index (χ2n) is 5.36. The monoisotopic (exact) mass is 285 g/mol. The van der Waals surface area contributed by atoms with Gasteiger partial charge in [0.2, 0.25) is 0 Å². The van der Waals surface area contributed by atoms with Crippen LogP contribution in [-0.2, 0) is 6.54 Å². The molecule has 0 spiro atoms. The number of hydrogen-bond donors (Lipinski definition) is 0. The van der Waals surface area contributed by atoms with E-state index in [2.05, 4.69) is 0 Å². The summed E-state index contributed by atoms with van der Waals surface area (Å²) in [5.41, 5.74) is 2.72. The van der Waals surface area contributed by atoms with Gasteiger partial charge in [-0.2, -0.15) is 0 Å². The highest BCUT2D eigenvalue weighted by Gasteiger charge is 2.10. The number of hydrogen-bond acceptors (Lipinski definition) is 2. The Bertz CT molecular complexity index is 624. The standard InChI is InChI=1S/C18H20FNO/c1-14-6-3-4-9-17(14)18(21)10-11-20(2)13-15-7-5-8-16(19)12-15/h3-9,12H,10-11,13H2,1-2H3. The topological polar surface area (TPSA) is 20.3 Å². The summed E-state index contributed by atoms with van der Waals surface area (Å²) in [4.78, 5) is 14.2. The minimum absolute atomic E-state index is 0.152. The van der Waals surface area contributed by atoms with E-state index in [0.717, 1.165) is 16.7 Å². The van der Waals surface area contributed by atoms with Crippen molar-refractivity contribution < 1.29 is 9.18 Å². The summed E-state index contributed by atoms with van der Waals surface area (Å²) in [6.07, 6.45) is 0.469. The van der Waals surface area contributed by atoms with E-state index < -0.39 is 0 Å². The van der Waals surface area contributed by atoms with Crippen LogP contribution in [0.15, 0.2) is 48.5 Å². The van der Waals surface area contributed by atoms with Gasteiger partial charge in [0.25, 0.3) is 0 Å². The molecule has 0 N–H and O–H groups in total. The number of carbonyl (C=O) groups is 1. The van der Waals surface area contributed by atoms with Crippen LogP contribution in [0.2, 0.25) is 0 Å². The van der Waals surface area contributed by atoms with Gasteiger partial charge in [-0.25, -0.2) is 4.39 Å². The Morgan fingerprint density at radius 2 is 1.90 bits per heavy atom. The molecule has 0 heterocycles. The van der Waals surface area contributed by atoms with Crippen LogP contribution in [0.3, 0.4) is 0 Å². The lowest BCUT2D eigenvalue weighted by atomic mass is 10.0. The smallest absolute Gasteiger partial charge is 0.164 e. The molecular formula is C18H20FNO. The molecular weight excluding hydrogens is 265 g/mol. The molecule has 21 heavy (non-hydrogen) atoms. The molecule has 0 atom stereocenters. The van der Waals surface area contributed by atoms with Gasteiger partial charge in [-0.1, -0.05) is 36.4 Å². The molecule has 3 heteroatoms. The van der Waals surface area contributed by atoms with Crippen molar-refractivity contribution in [3.8, 4) is 0 Å². The SMILES string of the molecule is Cc1ccccc1C(=O)CCN(C)Cc1cccc(F)c1. The van der Waals surface area contributed by atoms with E-state index in [1.807, 2.05) is 49.2 Å². The minimum Gasteiger partial charge on any atom is -0.302 e. The quantitative estimate of drug-likeness (QED) is 0.752. The van der Waals surface area contributed by atoms with Crippen LogP contribution in [0, 0.1) is 12.7 Å². The van der Waals surface area contributed by atoms with Crippen molar-refractivity contribution in [3.63, 3.8) is 0 Å². The summed E-state index contributed by atoms with van der Waals surface area (Å²) in [5, 5.41) is 0. The second kappa shape index (κ2) is 7.14. The first-order valence-corrected chi connectivity index (χ1v) is 7.08. The van der Waals surface area contributed by atoms with Crippen molar-refractivity contribution in [2.24, 2.45) is 0 Å². The molecule has 0 unspecified atom stereocenters. The molecule has 2 rings (SSSR count). The fraction of sp³-hybridized carbons (Fsp3) is 0.278. The lowest BCUT2D eigenvalue weighted by Crippen LogP contribution is -2.21. The Morgan fingerprint density at radius 1 is 1.14 bits per heavy atom. The summed E-state index contributed by atoms with van der Waals surface area (Å²) >= 11 is 0. The van der Waals surface area contributed by atoms with Crippen molar-refractivity contribution in [1.29, 1.82) is 0 Å². The normalized spacial score (nSPS) is 10.9. The van der Waals surface area contributed by atoms with Crippen molar-refractivity contribution in [3.05, 3.63) is 71.0 Å². The molecule has 0 amide bonds. The highest BCUT2D eigenvalue weighted by Crippen LogP contribution is 2.11. The average molecular weight is 285 g/mol. The van der Waals surface area contributed by atoms with Gasteiger partial charge in [0.15, 0.2) is 5.78 Å². The Morgan fingerprint density at radius 3 is 2.62 bits per heavy atom. The highest BCUT2D eigenvalue weighted by atomic mass is 19.1. The minimum atomic E-state index is -0.225. The van der Waals surface area contributed by atoms with Gasteiger partial charge in [-0.15, -0.1) is 0 Å². The van der Waals surface area contributed by atoms with E-state index in [4.69, 9.17) is 0 Å². The number of benzene rings is 2. The molecule has 0 radical (unpaired) electrons. The van der Waals surface area contributed by atoms with E-state index >= 15 is 0 Å². The van der Waals surface area contributed by atoms with Crippen molar-refractivity contribution in [1.82, 2.24) is 4.90 Å². The maximum atomic E-state index is 13.1. The van der Waals surface area contributed by atoms with E-state index in [-0.39, 0.29) is 11.6 Å². The number of carbonyl (C=O) groups excluding carboxylic acids is 1. The molecule has 2 nitrogen and oxygen atoms in total. The van der Waals surface area contributed by atoms with Crippen LogP contribution in [0.1, 0.15) is 27.9 Å². The largest absolute Gasteiger partial charge is 0.302 e. The molecule has 0 fully saturated rings. The Hall–Kier alpha value is -2.00. The van der Waals surface area contributed by atoms with Crippen molar-refractivity contribution in [2.75, 3.05) is 13.6 Å². The molecule has 0 aliphatic heterocycles. The molecule has 0 aliphatic rings. The van der Waals surface area contributed by atoms with Gasteiger partial charge < -0.3 is 4.90 Å². The number of halogens is 1. The van der Waals surface area contributed by atoms with Crippen LogP contribution < -0.4 is 0 Å². The zero-order chi connectivity index (χ0) is 15.2. The maximum absolute atomic E-state index is 13.1. The predicted octanol–water partition coefficient (Wildman–Crippen LogP) is 3.84. The number of ketones is 1. The van der Waals surface area contributed by atoms with Crippen LogP contribution in [0.4, 0.5) is 4.39 Å². The van der Waals surface area contributed by atoms with E-state index in [1.54, 1.807) is 6.07 Å². The first kappa shape index (κ1) is 15.4. The van der Waals surface area contributed by atoms with Gasteiger partial charge >= 0.3 is 0 Å². The summed E-state index contributed by atoms with van der Waals surface area (Å²) in [7, 11) is 1.94. The molecule has 110 valence electrons. The summed E-state index contributed by atoms with van der Waals surface area (Å²) in [5.74, 6) is -0.0731. The third kappa shape index (κ3) is 4.50. The Balaban J connectivity index is 1.88. The van der Waals surface area contributed by atoms with Gasteiger partial charge in [-0.05, 0) is 37.2 Å². The lowest BCUT2D eigenvalue weighted by Gasteiger charge is -2.16. The fourth-order valence-corrected chi connectivity index (χ4v) is 2.34. The number of nitrogens with zero attached hydrogens (tertiary/aromatic N) is 1. The van der Waals surface area contributed by atoms with E-state index in [9.17, 15) is 9.18 Å². The first-order valence-electron chi connectivity index (χ1n) is 7.08. The van der Waals surface area contributed by atoms with Crippen LogP contribution in [0.5, 0.6) is 0 Å². The first-order chi connectivity index (χ1) is 10.1. The molecule has 2 aromatic carbocycles.